The molecule has 0 aromatic heterocycles. The Labute approximate surface area is 121 Å². The van der Waals surface area contributed by atoms with E-state index in [1.54, 1.807) is 4.90 Å². The maximum absolute atomic E-state index is 12.2. The molecule has 0 saturated carbocycles. The van der Waals surface area contributed by atoms with Gasteiger partial charge in [0.25, 0.3) is 0 Å². The van der Waals surface area contributed by atoms with Crippen molar-refractivity contribution in [2.45, 2.75) is 59.1 Å². The topological polar surface area (TPSA) is 89.9 Å². The van der Waals surface area contributed by atoms with Crippen LogP contribution in [-0.4, -0.2) is 51.8 Å². The van der Waals surface area contributed by atoms with Crippen LogP contribution < -0.4 is 5.32 Å². The average Bonchev–Trinajstić information content (AvgIpc) is 2.35. The number of hydrogen-bond acceptors (Lipinski definition) is 3. The predicted molar refractivity (Wildman–Crippen MR) is 77.6 cm³/mol. The Morgan fingerprint density at radius 2 is 1.75 bits per heavy atom. The fourth-order valence-electron chi connectivity index (χ4n) is 1.95. The van der Waals surface area contributed by atoms with E-state index < -0.39 is 11.6 Å². The highest BCUT2D eigenvalue weighted by Crippen LogP contribution is 2.12. The van der Waals surface area contributed by atoms with E-state index in [0.29, 0.717) is 12.5 Å². The lowest BCUT2D eigenvalue weighted by Gasteiger charge is -2.33. The first-order valence-corrected chi connectivity index (χ1v) is 7.15. The second-order valence-electron chi connectivity index (χ2n) is 5.75. The van der Waals surface area contributed by atoms with Crippen molar-refractivity contribution in [3.63, 3.8) is 0 Å². The van der Waals surface area contributed by atoms with Gasteiger partial charge in [-0.05, 0) is 25.7 Å². The lowest BCUT2D eigenvalue weighted by molar-refractivity contribution is -0.155. The van der Waals surface area contributed by atoms with E-state index in [9.17, 15) is 14.7 Å². The molecule has 0 aliphatic rings. The van der Waals surface area contributed by atoms with E-state index in [-0.39, 0.29) is 18.6 Å². The van der Waals surface area contributed by atoms with E-state index >= 15 is 0 Å². The number of carboxylic acid groups (broad SMARTS) is 1. The molecule has 3 N–H and O–H groups in total. The summed E-state index contributed by atoms with van der Waals surface area (Å²) < 4.78 is 0. The third-order valence-electron chi connectivity index (χ3n) is 3.25. The molecule has 6 nitrogen and oxygen atoms in total. The molecule has 0 heterocycles. The second-order valence-corrected chi connectivity index (χ2v) is 5.75. The van der Waals surface area contributed by atoms with Crippen molar-refractivity contribution in [2.24, 2.45) is 5.92 Å². The number of hydrogen-bond donors (Lipinski definition) is 3. The van der Waals surface area contributed by atoms with Gasteiger partial charge >= 0.3 is 12.0 Å². The van der Waals surface area contributed by atoms with Gasteiger partial charge in [0.1, 0.15) is 0 Å². The Kier molecular flexibility index (Phi) is 7.57. The Morgan fingerprint density at radius 3 is 2.10 bits per heavy atom. The SMILES string of the molecule is CCC(CC)N(CC(C)C)C(=O)NCC(C)(O)C(=O)O. The molecule has 0 aromatic carbocycles. The molecular formula is C14H28N2O4. The van der Waals surface area contributed by atoms with E-state index in [1.165, 1.54) is 6.92 Å². The maximum Gasteiger partial charge on any atom is 0.337 e. The number of aliphatic hydroxyl groups is 1. The van der Waals surface area contributed by atoms with Gasteiger partial charge in [0, 0.05) is 12.6 Å². The Morgan fingerprint density at radius 1 is 1.25 bits per heavy atom. The van der Waals surface area contributed by atoms with Crippen LogP contribution in [0.5, 0.6) is 0 Å². The number of urea groups is 1. The molecule has 20 heavy (non-hydrogen) atoms. The van der Waals surface area contributed by atoms with E-state index in [4.69, 9.17) is 5.11 Å². The molecule has 118 valence electrons. The van der Waals surface area contributed by atoms with E-state index in [2.05, 4.69) is 5.32 Å². The molecule has 0 bridgehead atoms. The van der Waals surface area contributed by atoms with Crippen LogP contribution in [0.25, 0.3) is 0 Å². The first-order chi connectivity index (χ1) is 9.15. The maximum atomic E-state index is 12.2. The van der Waals surface area contributed by atoms with Crippen LogP contribution in [0.2, 0.25) is 0 Å². The summed E-state index contributed by atoms with van der Waals surface area (Å²) in [5.41, 5.74) is -1.95. The third-order valence-corrected chi connectivity index (χ3v) is 3.25. The smallest absolute Gasteiger partial charge is 0.337 e. The zero-order valence-corrected chi connectivity index (χ0v) is 13.1. The van der Waals surface area contributed by atoms with Gasteiger partial charge in [-0.3, -0.25) is 0 Å². The minimum Gasteiger partial charge on any atom is -0.479 e. The van der Waals surface area contributed by atoms with Crippen LogP contribution >= 0.6 is 0 Å². The standard InChI is InChI=1S/C14H28N2O4/c1-6-11(7-2)16(8-10(3)4)13(19)15-9-14(5,20)12(17)18/h10-11,20H,6-9H2,1-5H3,(H,15,19)(H,17,18). The van der Waals surface area contributed by atoms with Crippen molar-refractivity contribution in [1.82, 2.24) is 10.2 Å². The number of amides is 2. The third kappa shape index (κ3) is 5.77. The molecule has 0 saturated heterocycles. The van der Waals surface area contributed by atoms with Gasteiger partial charge in [0.05, 0.1) is 6.54 Å². The first kappa shape index (κ1) is 18.7. The minimum atomic E-state index is -1.95. The molecule has 0 rings (SSSR count). The molecule has 1 atom stereocenters. The summed E-state index contributed by atoms with van der Waals surface area (Å²) in [4.78, 5) is 24.8. The average molecular weight is 288 g/mol. The number of nitrogens with one attached hydrogen (secondary N) is 1. The lowest BCUT2D eigenvalue weighted by atomic mass is 10.1. The quantitative estimate of drug-likeness (QED) is 0.634. The van der Waals surface area contributed by atoms with Crippen molar-refractivity contribution in [3.8, 4) is 0 Å². The van der Waals surface area contributed by atoms with E-state index in [1.807, 2.05) is 27.7 Å². The molecule has 6 heteroatoms. The molecule has 2 amide bonds. The lowest BCUT2D eigenvalue weighted by Crippen LogP contribution is -2.53. The van der Waals surface area contributed by atoms with Gasteiger partial charge in [-0.1, -0.05) is 27.7 Å². The van der Waals surface area contributed by atoms with Crippen molar-refractivity contribution < 1.29 is 19.8 Å². The Bertz CT molecular complexity index is 325. The van der Waals surface area contributed by atoms with Crippen molar-refractivity contribution >= 4 is 12.0 Å². The number of nitrogens with zero attached hydrogens (tertiary/aromatic N) is 1. The van der Waals surface area contributed by atoms with Gasteiger partial charge < -0.3 is 20.4 Å². The Hall–Kier alpha value is -1.30. The minimum absolute atomic E-state index is 0.118. The number of carbonyl (C=O) groups is 2. The molecule has 0 radical (unpaired) electrons. The summed E-state index contributed by atoms with van der Waals surface area (Å²) >= 11 is 0. The van der Waals surface area contributed by atoms with Crippen LogP contribution in [0.1, 0.15) is 47.5 Å². The fraction of sp³-hybridized carbons (Fsp3) is 0.857. The number of carbonyl (C=O) groups excluding carboxylic acids is 1. The normalized spacial score (nSPS) is 14.2. The van der Waals surface area contributed by atoms with Gasteiger partial charge in [-0.25, -0.2) is 9.59 Å². The van der Waals surface area contributed by atoms with Crippen molar-refractivity contribution in [3.05, 3.63) is 0 Å². The summed E-state index contributed by atoms with van der Waals surface area (Å²) in [6, 6.07) is -0.207. The summed E-state index contributed by atoms with van der Waals surface area (Å²) in [5, 5.41) is 21.0. The highest BCUT2D eigenvalue weighted by atomic mass is 16.4. The summed E-state index contributed by atoms with van der Waals surface area (Å²) in [6.07, 6.45) is 1.68. The highest BCUT2D eigenvalue weighted by molar-refractivity contribution is 5.79. The molecule has 0 aliphatic carbocycles. The molecule has 1 unspecified atom stereocenters. The van der Waals surface area contributed by atoms with Gasteiger partial charge in [-0.2, -0.15) is 0 Å². The monoisotopic (exact) mass is 288 g/mol. The van der Waals surface area contributed by atoms with Gasteiger partial charge in [0.15, 0.2) is 5.60 Å². The molecular weight excluding hydrogens is 260 g/mol. The summed E-state index contributed by atoms with van der Waals surface area (Å²) in [6.45, 7) is 9.54. The first-order valence-electron chi connectivity index (χ1n) is 7.15. The largest absolute Gasteiger partial charge is 0.479 e. The summed E-state index contributed by atoms with van der Waals surface area (Å²) in [7, 11) is 0. The number of rotatable bonds is 8. The van der Waals surface area contributed by atoms with E-state index in [0.717, 1.165) is 12.8 Å². The zero-order valence-electron chi connectivity index (χ0n) is 13.1. The van der Waals surface area contributed by atoms with Crippen LogP contribution in [0.4, 0.5) is 4.79 Å². The predicted octanol–water partition coefficient (Wildman–Crippen LogP) is 1.68. The molecule has 0 spiro atoms. The van der Waals surface area contributed by atoms with Crippen LogP contribution in [0, 0.1) is 5.92 Å². The molecule has 0 aromatic rings. The Balaban J connectivity index is 4.75. The van der Waals surface area contributed by atoms with Crippen LogP contribution in [0.3, 0.4) is 0 Å². The van der Waals surface area contributed by atoms with Crippen molar-refractivity contribution in [1.29, 1.82) is 0 Å². The van der Waals surface area contributed by atoms with Crippen LogP contribution in [0.15, 0.2) is 0 Å². The van der Waals surface area contributed by atoms with Crippen molar-refractivity contribution in [2.75, 3.05) is 13.1 Å². The van der Waals surface area contributed by atoms with Crippen LogP contribution in [-0.2, 0) is 4.79 Å². The number of aliphatic carboxylic acids is 1. The molecule has 0 fully saturated rings. The summed E-state index contributed by atoms with van der Waals surface area (Å²) in [5.74, 6) is -1.03. The second kappa shape index (κ2) is 8.09. The fourth-order valence-corrected chi connectivity index (χ4v) is 1.95. The molecule has 0 aliphatic heterocycles. The highest BCUT2D eigenvalue weighted by Gasteiger charge is 2.31. The van der Waals surface area contributed by atoms with Gasteiger partial charge in [-0.15, -0.1) is 0 Å². The zero-order chi connectivity index (χ0) is 15.9. The number of carboxylic acids is 1. The van der Waals surface area contributed by atoms with Gasteiger partial charge in [0.2, 0.25) is 0 Å².